The van der Waals surface area contributed by atoms with E-state index in [2.05, 4.69) is 0 Å². The van der Waals surface area contributed by atoms with E-state index in [0.29, 0.717) is 0 Å². The van der Waals surface area contributed by atoms with Crippen LogP contribution in [0.15, 0.2) is 0 Å². The van der Waals surface area contributed by atoms with Crippen molar-refractivity contribution < 1.29 is 21.1 Å². The van der Waals surface area contributed by atoms with Crippen LogP contribution in [0.1, 0.15) is 0 Å². The van der Waals surface area contributed by atoms with Gasteiger partial charge in [-0.3, -0.25) is 0 Å². The van der Waals surface area contributed by atoms with E-state index in [4.69, 9.17) is 0 Å². The van der Waals surface area contributed by atoms with Crippen molar-refractivity contribution in [3.8, 4) is 0 Å². The Morgan fingerprint density at radius 1 is 0.600 bits per heavy atom. The molecule has 3 nitrogen and oxygen atoms in total. The molecule has 0 aliphatic rings. The minimum atomic E-state index is 0. The van der Waals surface area contributed by atoms with Crippen LogP contribution in [-0.4, -0.2) is 0 Å². The van der Waals surface area contributed by atoms with Crippen molar-refractivity contribution in [3.05, 3.63) is 0 Å². The maximum absolute atomic E-state index is 0. The van der Waals surface area contributed by atoms with Crippen molar-refractivity contribution >= 4 is 12.4 Å². The van der Waals surface area contributed by atoms with Crippen molar-refractivity contribution in [2.75, 3.05) is 0 Å². The fourth-order valence-electron chi connectivity index (χ4n) is 0. The fraction of sp³-hybridized carbons (Fsp3) is 0. The van der Waals surface area contributed by atoms with Gasteiger partial charge in [0.15, 0.2) is 0 Å². The second-order valence-electron chi connectivity index (χ2n) is 0. The van der Waals surface area contributed by atoms with Gasteiger partial charge in [0.05, 0.1) is 0 Å². The molecule has 0 unspecified atom stereocenters. The number of hydrogen-bond acceptors (Lipinski definition) is 3. The second kappa shape index (κ2) is 98.2. The summed E-state index contributed by atoms with van der Waals surface area (Å²) in [4.78, 5) is 0. The molecule has 0 amide bonds. The molecule has 9 N–H and O–H groups in total. The van der Waals surface area contributed by atoms with Gasteiger partial charge in [-0.2, -0.15) is 0 Å². The number of hydrogen-bond donors (Lipinski definition) is 3. The Labute approximate surface area is 52.3 Å². The summed E-state index contributed by atoms with van der Waals surface area (Å²) in [6.07, 6.45) is 0. The molecule has 0 aromatic rings. The Kier molecular flexibility index (Phi) is 3690. The van der Waals surface area contributed by atoms with Crippen molar-refractivity contribution in [2.24, 2.45) is 0 Å². The molecule has 0 saturated carbocycles. The average molecular weight is 283 g/mol. The van der Waals surface area contributed by atoms with Gasteiger partial charge in [0.25, 0.3) is 0 Å². The number of halogens is 1. The first-order valence-corrected chi connectivity index (χ1v) is 0. The van der Waals surface area contributed by atoms with Crippen LogP contribution in [0.5, 0.6) is 0 Å². The van der Waals surface area contributed by atoms with E-state index in [1.54, 1.807) is 0 Å². The third kappa shape index (κ3) is 53.9. The number of rotatable bonds is 0. The first-order chi connectivity index (χ1) is 0. The summed E-state index contributed by atoms with van der Waals surface area (Å²) < 4.78 is 0. The summed E-state index contributed by atoms with van der Waals surface area (Å²) in [7, 11) is 0. The van der Waals surface area contributed by atoms with Crippen LogP contribution in [0.3, 0.4) is 0 Å². The monoisotopic (exact) mass is 282 g/mol. The minimum absolute atomic E-state index is 0. The Hall–Kier alpha value is 0.858. The van der Waals surface area contributed by atoms with E-state index in [1.807, 2.05) is 0 Å². The first-order valence-electron chi connectivity index (χ1n) is 0. The zero-order valence-electron chi connectivity index (χ0n) is 2.85. The maximum atomic E-state index is 0. The van der Waals surface area contributed by atoms with Crippen LogP contribution in [0, 0.1) is 0 Å². The smallest absolute Gasteiger partial charge is 0 e. The van der Waals surface area contributed by atoms with E-state index in [9.17, 15) is 0 Å². The van der Waals surface area contributed by atoms with Gasteiger partial charge >= 0.3 is 0 Å². The summed E-state index contributed by atoms with van der Waals surface area (Å²) in [6.45, 7) is 0. The molecule has 5 heavy (non-hydrogen) atoms. The molecule has 0 fully saturated rings. The van der Waals surface area contributed by atoms with Crippen LogP contribution in [-0.2, 0) is 21.1 Å². The minimum Gasteiger partial charge on any atom is -0.344 e. The van der Waals surface area contributed by atoms with Crippen molar-refractivity contribution in [2.45, 2.75) is 0 Å². The van der Waals surface area contributed by atoms with Crippen LogP contribution < -0.4 is 18.5 Å². The summed E-state index contributed by atoms with van der Waals surface area (Å²) in [5.74, 6) is 0. The van der Waals surface area contributed by atoms with Crippen LogP contribution in [0.2, 0.25) is 0 Å². The van der Waals surface area contributed by atoms with Gasteiger partial charge < -0.3 is 18.5 Å². The molecule has 0 saturated heterocycles. The van der Waals surface area contributed by atoms with Gasteiger partial charge in [-0.05, 0) is 0 Å². The van der Waals surface area contributed by atoms with Crippen LogP contribution in [0.4, 0.5) is 0 Å². The third-order valence-corrected chi connectivity index (χ3v) is 0. The fourth-order valence-corrected chi connectivity index (χ4v) is 0. The summed E-state index contributed by atoms with van der Waals surface area (Å²) in [5, 5.41) is 0. The van der Waals surface area contributed by atoms with Gasteiger partial charge in [-0.1, -0.05) is 0 Å². The predicted molar refractivity (Wildman–Crippen MR) is 22.3 cm³/mol. The third-order valence-electron chi connectivity index (χ3n) is 0. The molecular weight excluding hydrogens is 273 g/mol. The van der Waals surface area contributed by atoms with Crippen molar-refractivity contribution in [1.29, 1.82) is 0 Å². The summed E-state index contributed by atoms with van der Waals surface area (Å²) in [5.41, 5.74) is 0. The molecule has 0 aromatic carbocycles. The van der Waals surface area contributed by atoms with Gasteiger partial charge in [-0.25, -0.2) is 0 Å². The SMILES string of the molecule is Cl.N.N.N.[Pt]. The normalized spacial score (nSPS) is 0. The standard InChI is InChI=1S/ClH.3H3N.Pt/h1H;3*1H3;. The quantitative estimate of drug-likeness (QED) is 0.615. The molecule has 0 rings (SSSR count). The molecule has 0 atom stereocenters. The average Bonchev–Trinajstić information content (AvgIpc) is 0. The van der Waals surface area contributed by atoms with E-state index in [1.165, 1.54) is 0 Å². The van der Waals surface area contributed by atoms with Crippen LogP contribution >= 0.6 is 12.4 Å². The molecule has 0 spiro atoms. The largest absolute Gasteiger partial charge is 0.344 e. The molecule has 0 bridgehead atoms. The maximum Gasteiger partial charge on any atom is 0 e. The molecular formula is H10ClN3Pt. The molecule has 0 aliphatic carbocycles. The molecule has 0 heterocycles. The summed E-state index contributed by atoms with van der Waals surface area (Å²) in [6, 6.07) is 0. The topological polar surface area (TPSA) is 105 Å². The van der Waals surface area contributed by atoms with Gasteiger partial charge in [-0.15, -0.1) is 12.4 Å². The second-order valence-corrected chi connectivity index (χ2v) is 0. The molecule has 42 valence electrons. The molecule has 0 aromatic heterocycles. The first kappa shape index (κ1) is 188. The van der Waals surface area contributed by atoms with Crippen LogP contribution in [0.25, 0.3) is 0 Å². The summed E-state index contributed by atoms with van der Waals surface area (Å²) >= 11 is 0. The van der Waals surface area contributed by atoms with E-state index in [0.717, 1.165) is 0 Å². The molecule has 0 radical (unpaired) electrons. The van der Waals surface area contributed by atoms with Crippen molar-refractivity contribution in [3.63, 3.8) is 0 Å². The zero-order chi connectivity index (χ0) is 0. The van der Waals surface area contributed by atoms with Gasteiger partial charge in [0.1, 0.15) is 0 Å². The Bertz CT molecular complexity index is 6.85. The Morgan fingerprint density at radius 2 is 0.600 bits per heavy atom. The van der Waals surface area contributed by atoms with Gasteiger partial charge in [0, 0.05) is 21.1 Å². The van der Waals surface area contributed by atoms with E-state index >= 15 is 0 Å². The van der Waals surface area contributed by atoms with Gasteiger partial charge in [0.2, 0.25) is 0 Å². The predicted octanol–water partition coefficient (Wildman–Crippen LogP) is 0.905. The molecule has 5 heteroatoms. The zero-order valence-corrected chi connectivity index (χ0v) is 5.93. The Morgan fingerprint density at radius 3 is 0.600 bits per heavy atom. The molecule has 0 aliphatic heterocycles. The Balaban J connectivity index is 0. The van der Waals surface area contributed by atoms with Crippen molar-refractivity contribution in [1.82, 2.24) is 18.5 Å². The van der Waals surface area contributed by atoms with E-state index < -0.39 is 0 Å². The van der Waals surface area contributed by atoms with E-state index in [-0.39, 0.29) is 51.9 Å².